The van der Waals surface area contributed by atoms with Gasteiger partial charge in [-0.3, -0.25) is 0 Å². The topological polar surface area (TPSA) is 12.0 Å². The highest BCUT2D eigenvalue weighted by Gasteiger charge is 2.11. The van der Waals surface area contributed by atoms with Gasteiger partial charge in [-0.05, 0) is 43.0 Å². The van der Waals surface area contributed by atoms with Crippen molar-refractivity contribution in [1.82, 2.24) is 5.32 Å². The van der Waals surface area contributed by atoms with Gasteiger partial charge in [0.15, 0.2) is 0 Å². The van der Waals surface area contributed by atoms with Crippen LogP contribution in [0.15, 0.2) is 24.3 Å². The molecule has 0 radical (unpaired) electrons. The number of hydrogen-bond acceptors (Lipinski definition) is 1. The molecule has 0 aromatic heterocycles. The van der Waals surface area contributed by atoms with Gasteiger partial charge in [0.1, 0.15) is 5.82 Å². The van der Waals surface area contributed by atoms with E-state index in [9.17, 15) is 4.39 Å². The molecule has 0 saturated carbocycles. The average molecular weight is 251 g/mol. The molecular weight excluding hydrogens is 225 g/mol. The van der Waals surface area contributed by atoms with E-state index in [-0.39, 0.29) is 5.82 Å². The van der Waals surface area contributed by atoms with Crippen LogP contribution in [0.3, 0.4) is 0 Å². The summed E-state index contributed by atoms with van der Waals surface area (Å²) in [4.78, 5) is 0. The van der Waals surface area contributed by atoms with Crippen molar-refractivity contribution in [3.8, 4) is 0 Å². The summed E-state index contributed by atoms with van der Waals surface area (Å²) in [7, 11) is 0. The van der Waals surface area contributed by atoms with E-state index in [0.717, 1.165) is 31.5 Å². The van der Waals surface area contributed by atoms with Crippen LogP contribution in [0, 0.1) is 5.82 Å². The molecule has 0 heterocycles. The number of unbranched alkanes of at least 4 members (excludes halogenated alkanes) is 2. The molecule has 1 unspecified atom stereocenters. The molecule has 2 heteroatoms. The molecule has 0 aliphatic rings. The predicted octanol–water partition coefficient (Wildman–Crippen LogP) is 4.49. The molecule has 1 aromatic carbocycles. The van der Waals surface area contributed by atoms with Gasteiger partial charge >= 0.3 is 0 Å². The van der Waals surface area contributed by atoms with Crippen LogP contribution in [-0.2, 0) is 0 Å². The molecule has 1 aromatic rings. The van der Waals surface area contributed by atoms with Crippen molar-refractivity contribution in [2.75, 3.05) is 13.1 Å². The number of hydrogen-bond donors (Lipinski definition) is 1. The SMILES string of the molecule is CCCCCC(CNCCC)c1cccc(F)c1. The van der Waals surface area contributed by atoms with Crippen LogP contribution in [0.1, 0.15) is 57.4 Å². The second-order valence-corrected chi connectivity index (χ2v) is 4.95. The molecule has 0 bridgehead atoms. The highest BCUT2D eigenvalue weighted by molar-refractivity contribution is 5.21. The van der Waals surface area contributed by atoms with Gasteiger partial charge in [-0.1, -0.05) is 45.2 Å². The molecule has 1 nitrogen and oxygen atoms in total. The minimum absolute atomic E-state index is 0.122. The second-order valence-electron chi connectivity index (χ2n) is 4.95. The van der Waals surface area contributed by atoms with Gasteiger partial charge in [-0.2, -0.15) is 0 Å². The summed E-state index contributed by atoms with van der Waals surface area (Å²) < 4.78 is 13.3. The van der Waals surface area contributed by atoms with Crippen LogP contribution in [-0.4, -0.2) is 13.1 Å². The standard InChI is InChI=1S/C16H26FN/c1-3-5-6-8-15(13-18-11-4-2)14-9-7-10-16(17)12-14/h7,9-10,12,15,18H,3-6,8,11,13H2,1-2H3. The van der Waals surface area contributed by atoms with Crippen molar-refractivity contribution in [3.05, 3.63) is 35.6 Å². The Hall–Kier alpha value is -0.890. The Labute approximate surface area is 111 Å². The largest absolute Gasteiger partial charge is 0.316 e. The molecule has 0 fully saturated rings. The number of rotatable bonds is 9. The first-order chi connectivity index (χ1) is 8.77. The zero-order chi connectivity index (χ0) is 13.2. The van der Waals surface area contributed by atoms with Gasteiger partial charge in [-0.15, -0.1) is 0 Å². The summed E-state index contributed by atoms with van der Waals surface area (Å²) in [6.07, 6.45) is 6.02. The summed E-state index contributed by atoms with van der Waals surface area (Å²) in [6, 6.07) is 7.07. The molecule has 18 heavy (non-hydrogen) atoms. The zero-order valence-electron chi connectivity index (χ0n) is 11.7. The van der Waals surface area contributed by atoms with Crippen molar-refractivity contribution in [3.63, 3.8) is 0 Å². The third kappa shape index (κ3) is 5.63. The Bertz CT molecular complexity index is 315. The number of halogens is 1. The maximum atomic E-state index is 13.3. The van der Waals surface area contributed by atoms with Crippen LogP contribution in [0.4, 0.5) is 4.39 Å². The first kappa shape index (κ1) is 15.2. The Morgan fingerprint density at radius 2 is 2.00 bits per heavy atom. The van der Waals surface area contributed by atoms with E-state index < -0.39 is 0 Å². The third-order valence-electron chi connectivity index (χ3n) is 3.29. The zero-order valence-corrected chi connectivity index (χ0v) is 11.7. The van der Waals surface area contributed by atoms with Gasteiger partial charge in [0, 0.05) is 6.54 Å². The van der Waals surface area contributed by atoms with Crippen LogP contribution in [0.5, 0.6) is 0 Å². The molecule has 1 N–H and O–H groups in total. The molecule has 102 valence electrons. The van der Waals surface area contributed by atoms with E-state index in [1.54, 1.807) is 6.07 Å². The van der Waals surface area contributed by atoms with Gasteiger partial charge in [0.05, 0.1) is 0 Å². The van der Waals surface area contributed by atoms with E-state index in [1.807, 2.05) is 12.1 Å². The lowest BCUT2D eigenvalue weighted by atomic mass is 9.93. The summed E-state index contributed by atoms with van der Waals surface area (Å²) >= 11 is 0. The smallest absolute Gasteiger partial charge is 0.123 e. The second kappa shape index (κ2) is 9.09. The number of nitrogens with one attached hydrogen (secondary N) is 1. The highest BCUT2D eigenvalue weighted by atomic mass is 19.1. The van der Waals surface area contributed by atoms with E-state index in [4.69, 9.17) is 0 Å². The van der Waals surface area contributed by atoms with Crippen molar-refractivity contribution < 1.29 is 4.39 Å². The quantitative estimate of drug-likeness (QED) is 0.638. The first-order valence-electron chi connectivity index (χ1n) is 7.24. The maximum absolute atomic E-state index is 13.3. The van der Waals surface area contributed by atoms with Gasteiger partial charge in [-0.25, -0.2) is 4.39 Å². The van der Waals surface area contributed by atoms with Gasteiger partial charge < -0.3 is 5.32 Å². The van der Waals surface area contributed by atoms with Crippen molar-refractivity contribution in [2.24, 2.45) is 0 Å². The van der Waals surface area contributed by atoms with Crippen LogP contribution in [0.25, 0.3) is 0 Å². The molecule has 0 aliphatic heterocycles. The molecule has 1 rings (SSSR count). The Morgan fingerprint density at radius 1 is 1.17 bits per heavy atom. The third-order valence-corrected chi connectivity index (χ3v) is 3.29. The monoisotopic (exact) mass is 251 g/mol. The fraction of sp³-hybridized carbons (Fsp3) is 0.625. The van der Waals surface area contributed by atoms with Crippen molar-refractivity contribution in [1.29, 1.82) is 0 Å². The molecule has 0 saturated heterocycles. The Morgan fingerprint density at radius 3 is 2.67 bits per heavy atom. The van der Waals surface area contributed by atoms with E-state index >= 15 is 0 Å². The van der Waals surface area contributed by atoms with Crippen LogP contribution >= 0.6 is 0 Å². The summed E-state index contributed by atoms with van der Waals surface area (Å²) in [6.45, 7) is 6.38. The fourth-order valence-electron chi connectivity index (χ4n) is 2.24. The summed E-state index contributed by atoms with van der Waals surface area (Å²) in [5.41, 5.74) is 1.13. The van der Waals surface area contributed by atoms with Crippen LogP contribution < -0.4 is 5.32 Å². The molecule has 1 atom stereocenters. The Kier molecular flexibility index (Phi) is 7.66. The van der Waals surface area contributed by atoms with Crippen molar-refractivity contribution in [2.45, 2.75) is 51.9 Å². The first-order valence-corrected chi connectivity index (χ1v) is 7.24. The summed E-state index contributed by atoms with van der Waals surface area (Å²) in [5.74, 6) is 0.322. The lowest BCUT2D eigenvalue weighted by Crippen LogP contribution is -2.22. The van der Waals surface area contributed by atoms with Gasteiger partial charge in [0.25, 0.3) is 0 Å². The highest BCUT2D eigenvalue weighted by Crippen LogP contribution is 2.22. The lowest BCUT2D eigenvalue weighted by molar-refractivity contribution is 0.516. The fourth-order valence-corrected chi connectivity index (χ4v) is 2.24. The molecule has 0 amide bonds. The van der Waals surface area contributed by atoms with Crippen LogP contribution in [0.2, 0.25) is 0 Å². The lowest BCUT2D eigenvalue weighted by Gasteiger charge is -2.18. The van der Waals surface area contributed by atoms with Gasteiger partial charge in [0.2, 0.25) is 0 Å². The molecule has 0 aliphatic carbocycles. The van der Waals surface area contributed by atoms with E-state index in [0.29, 0.717) is 5.92 Å². The maximum Gasteiger partial charge on any atom is 0.123 e. The minimum Gasteiger partial charge on any atom is -0.316 e. The normalized spacial score (nSPS) is 12.6. The molecule has 0 spiro atoms. The van der Waals surface area contributed by atoms with E-state index in [2.05, 4.69) is 19.2 Å². The predicted molar refractivity (Wildman–Crippen MR) is 76.4 cm³/mol. The molecular formula is C16H26FN. The summed E-state index contributed by atoms with van der Waals surface area (Å²) in [5, 5.41) is 3.46. The average Bonchev–Trinajstić information content (AvgIpc) is 2.37. The van der Waals surface area contributed by atoms with E-state index in [1.165, 1.54) is 25.3 Å². The number of benzene rings is 1. The van der Waals surface area contributed by atoms with Crippen molar-refractivity contribution >= 4 is 0 Å². The Balaban J connectivity index is 2.57. The minimum atomic E-state index is -0.122.